The fraction of sp³-hybridized carbons (Fsp3) is 0.667. The quantitative estimate of drug-likeness (QED) is 0.334. The molecule has 0 aliphatic rings. The number of Topliss-reactive ketones (excluding diaryl/α,β-unsaturated/α-hetero) is 1. The number of carbonyl (C=O) groups is 3. The van der Waals surface area contributed by atoms with E-state index in [9.17, 15) is 14.4 Å². The monoisotopic (exact) mass is 200 g/mol. The van der Waals surface area contributed by atoms with Crippen LogP contribution in [-0.2, 0) is 14.4 Å². The molecular formula is C9H16N2O3. The number of hydrogen-bond acceptors (Lipinski definition) is 3. The Bertz CT molecular complexity index is 216. The van der Waals surface area contributed by atoms with Crippen LogP contribution in [0.25, 0.3) is 0 Å². The maximum Gasteiger partial charge on any atom is 0.287 e. The number of amides is 2. The lowest BCUT2D eigenvalue weighted by Crippen LogP contribution is -2.38. The summed E-state index contributed by atoms with van der Waals surface area (Å²) in [4.78, 5) is 32.1. The van der Waals surface area contributed by atoms with Crippen LogP contribution >= 0.6 is 0 Å². The Balaban J connectivity index is 3.76. The van der Waals surface area contributed by atoms with Gasteiger partial charge in [-0.1, -0.05) is 6.92 Å². The summed E-state index contributed by atoms with van der Waals surface area (Å²) in [6, 6.07) is 0.00507. The van der Waals surface area contributed by atoms with E-state index in [1.807, 2.05) is 13.8 Å². The van der Waals surface area contributed by atoms with Gasteiger partial charge in [0.05, 0.1) is 0 Å². The molecule has 0 aliphatic carbocycles. The number of carbonyl (C=O) groups excluding carboxylic acids is 3. The van der Waals surface area contributed by atoms with Gasteiger partial charge in [-0.3, -0.25) is 14.4 Å². The largest absolute Gasteiger partial charge is 0.358 e. The average molecular weight is 200 g/mol. The van der Waals surface area contributed by atoms with Crippen LogP contribution in [0, 0.1) is 0 Å². The minimum Gasteiger partial charge on any atom is -0.358 e. The smallest absolute Gasteiger partial charge is 0.287 e. The summed E-state index contributed by atoms with van der Waals surface area (Å²) in [7, 11) is 0. The number of hydrogen-bond donors (Lipinski definition) is 2. The zero-order valence-electron chi connectivity index (χ0n) is 8.50. The van der Waals surface area contributed by atoms with Crippen molar-refractivity contribution in [1.29, 1.82) is 0 Å². The summed E-state index contributed by atoms with van der Waals surface area (Å²) >= 11 is 0. The third-order valence-electron chi connectivity index (χ3n) is 1.82. The maximum absolute atomic E-state index is 11.1. The molecule has 0 saturated carbocycles. The van der Waals surface area contributed by atoms with E-state index in [0.717, 1.165) is 6.42 Å². The number of rotatable bonds is 7. The summed E-state index contributed by atoms with van der Waals surface area (Å²) in [6.45, 7) is 3.95. The Morgan fingerprint density at radius 3 is 2.57 bits per heavy atom. The van der Waals surface area contributed by atoms with Gasteiger partial charge >= 0.3 is 0 Å². The molecule has 80 valence electrons. The third-order valence-corrected chi connectivity index (χ3v) is 1.82. The van der Waals surface area contributed by atoms with Gasteiger partial charge in [0.1, 0.15) is 0 Å². The van der Waals surface area contributed by atoms with E-state index < -0.39 is 11.7 Å². The molecule has 0 saturated heterocycles. The lowest BCUT2D eigenvalue weighted by molar-refractivity contribution is -0.138. The van der Waals surface area contributed by atoms with Crippen molar-refractivity contribution in [3.63, 3.8) is 0 Å². The second kappa shape index (κ2) is 7.06. The highest BCUT2D eigenvalue weighted by Gasteiger charge is 2.14. The molecule has 0 rings (SSSR count). The molecule has 14 heavy (non-hydrogen) atoms. The summed E-state index contributed by atoms with van der Waals surface area (Å²) in [5.74, 6) is -1.08. The Morgan fingerprint density at radius 2 is 2.07 bits per heavy atom. The molecule has 0 heterocycles. The molecule has 0 radical (unpaired) electrons. The van der Waals surface area contributed by atoms with Gasteiger partial charge < -0.3 is 10.6 Å². The van der Waals surface area contributed by atoms with E-state index >= 15 is 0 Å². The van der Waals surface area contributed by atoms with Gasteiger partial charge in [0, 0.05) is 19.0 Å². The SMILES string of the molecule is CC[C@@H](C)NC(=O)C(=O)CCNC=O. The number of nitrogens with one attached hydrogen (secondary N) is 2. The molecule has 5 nitrogen and oxygen atoms in total. The summed E-state index contributed by atoms with van der Waals surface area (Å²) < 4.78 is 0. The molecule has 0 bridgehead atoms. The van der Waals surface area contributed by atoms with E-state index in [1.165, 1.54) is 0 Å². The van der Waals surface area contributed by atoms with Crippen LogP contribution in [-0.4, -0.2) is 30.7 Å². The molecule has 0 unspecified atom stereocenters. The molecule has 0 aliphatic heterocycles. The lowest BCUT2D eigenvalue weighted by Gasteiger charge is -2.09. The number of ketones is 1. The van der Waals surface area contributed by atoms with E-state index in [-0.39, 0.29) is 19.0 Å². The zero-order chi connectivity index (χ0) is 11.0. The topological polar surface area (TPSA) is 75.3 Å². The minimum absolute atomic E-state index is 0.00507. The molecule has 2 N–H and O–H groups in total. The molecule has 0 aromatic rings. The summed E-state index contributed by atoms with van der Waals surface area (Å²) in [5, 5.41) is 4.87. The van der Waals surface area contributed by atoms with Crippen LogP contribution in [0.15, 0.2) is 0 Å². The van der Waals surface area contributed by atoms with Gasteiger partial charge in [0.2, 0.25) is 12.2 Å². The van der Waals surface area contributed by atoms with Crippen molar-refractivity contribution < 1.29 is 14.4 Å². The van der Waals surface area contributed by atoms with Crippen molar-refractivity contribution in [1.82, 2.24) is 10.6 Å². The van der Waals surface area contributed by atoms with Crippen LogP contribution in [0.5, 0.6) is 0 Å². The van der Waals surface area contributed by atoms with E-state index in [1.54, 1.807) is 0 Å². The zero-order valence-corrected chi connectivity index (χ0v) is 8.50. The molecule has 0 spiro atoms. The fourth-order valence-electron chi connectivity index (χ4n) is 0.765. The second-order valence-electron chi connectivity index (χ2n) is 3.03. The molecule has 5 heteroatoms. The van der Waals surface area contributed by atoms with Crippen LogP contribution < -0.4 is 10.6 Å². The van der Waals surface area contributed by atoms with Gasteiger partial charge in [0.15, 0.2) is 0 Å². The summed E-state index contributed by atoms with van der Waals surface area (Å²) in [6.07, 6.45) is 1.33. The Morgan fingerprint density at radius 1 is 1.43 bits per heavy atom. The molecular weight excluding hydrogens is 184 g/mol. The fourth-order valence-corrected chi connectivity index (χ4v) is 0.765. The van der Waals surface area contributed by atoms with Crippen LogP contribution in [0.2, 0.25) is 0 Å². The van der Waals surface area contributed by atoms with E-state index in [2.05, 4.69) is 10.6 Å². The first-order valence-corrected chi connectivity index (χ1v) is 4.62. The highest BCUT2D eigenvalue weighted by atomic mass is 16.2. The van der Waals surface area contributed by atoms with Crippen molar-refractivity contribution in [3.8, 4) is 0 Å². The lowest BCUT2D eigenvalue weighted by atomic mass is 10.2. The molecule has 2 amide bonds. The van der Waals surface area contributed by atoms with E-state index in [4.69, 9.17) is 0 Å². The third kappa shape index (κ3) is 5.29. The van der Waals surface area contributed by atoms with Gasteiger partial charge in [0.25, 0.3) is 5.91 Å². The van der Waals surface area contributed by atoms with Crippen LogP contribution in [0.3, 0.4) is 0 Å². The standard InChI is InChI=1S/C9H16N2O3/c1-3-7(2)11-9(14)8(13)4-5-10-6-12/h6-7H,3-5H2,1-2H3,(H,10,12)(H,11,14)/t7-/m1/s1. The molecule has 0 fully saturated rings. The first kappa shape index (κ1) is 12.6. The van der Waals surface area contributed by atoms with Gasteiger partial charge in [-0.25, -0.2) is 0 Å². The minimum atomic E-state index is -0.577. The normalized spacial score (nSPS) is 11.6. The average Bonchev–Trinajstić information content (AvgIpc) is 2.17. The van der Waals surface area contributed by atoms with Crippen molar-refractivity contribution in [2.24, 2.45) is 0 Å². The molecule has 0 aromatic carbocycles. The first-order valence-electron chi connectivity index (χ1n) is 4.62. The Labute approximate surface area is 83.2 Å². The highest BCUT2D eigenvalue weighted by Crippen LogP contribution is 1.89. The van der Waals surface area contributed by atoms with Crippen LogP contribution in [0.4, 0.5) is 0 Å². The molecule has 1 atom stereocenters. The molecule has 0 aromatic heterocycles. The Hall–Kier alpha value is -1.39. The predicted molar refractivity (Wildman–Crippen MR) is 51.6 cm³/mol. The van der Waals surface area contributed by atoms with Crippen molar-refractivity contribution in [3.05, 3.63) is 0 Å². The van der Waals surface area contributed by atoms with Gasteiger partial charge in [-0.2, -0.15) is 0 Å². The van der Waals surface area contributed by atoms with Crippen molar-refractivity contribution in [2.75, 3.05) is 6.54 Å². The van der Waals surface area contributed by atoms with Gasteiger partial charge in [-0.05, 0) is 13.3 Å². The van der Waals surface area contributed by atoms with Crippen LogP contribution in [0.1, 0.15) is 26.7 Å². The summed E-state index contributed by atoms with van der Waals surface area (Å²) in [5.41, 5.74) is 0. The second-order valence-corrected chi connectivity index (χ2v) is 3.03. The predicted octanol–water partition coefficient (Wildman–Crippen LogP) is -0.394. The first-order chi connectivity index (χ1) is 6.61. The van der Waals surface area contributed by atoms with E-state index in [0.29, 0.717) is 6.41 Å². The highest BCUT2D eigenvalue weighted by molar-refractivity contribution is 6.36. The van der Waals surface area contributed by atoms with Crippen molar-refractivity contribution in [2.45, 2.75) is 32.7 Å². The maximum atomic E-state index is 11.1. The van der Waals surface area contributed by atoms with Gasteiger partial charge in [-0.15, -0.1) is 0 Å². The van der Waals surface area contributed by atoms with Crippen molar-refractivity contribution >= 4 is 18.1 Å². The Kier molecular flexibility index (Phi) is 6.36.